The van der Waals surface area contributed by atoms with Crippen LogP contribution in [-0.4, -0.2) is 18.1 Å². The summed E-state index contributed by atoms with van der Waals surface area (Å²) >= 11 is 0. The fourth-order valence-electron chi connectivity index (χ4n) is 2.10. The Balaban J connectivity index is 2.58. The maximum Gasteiger partial charge on any atom is 0.260 e. The normalized spacial score (nSPS) is 13.8. The lowest BCUT2D eigenvalue weighted by molar-refractivity contribution is -0.128. The molecule has 0 aromatic heterocycles. The maximum absolute atomic E-state index is 12.0. The number of amides is 1. The van der Waals surface area contributed by atoms with E-state index in [0.29, 0.717) is 5.75 Å². The van der Waals surface area contributed by atoms with E-state index in [9.17, 15) is 4.79 Å². The summed E-state index contributed by atoms with van der Waals surface area (Å²) in [6.45, 7) is 7.95. The van der Waals surface area contributed by atoms with E-state index in [1.807, 2.05) is 24.3 Å². The molecule has 0 saturated heterocycles. The van der Waals surface area contributed by atoms with E-state index in [-0.39, 0.29) is 18.0 Å². The smallest absolute Gasteiger partial charge is 0.260 e. The van der Waals surface area contributed by atoms with Crippen LogP contribution in [0.25, 0.3) is 0 Å². The first kappa shape index (κ1) is 17.5. The van der Waals surface area contributed by atoms with Crippen LogP contribution < -0.4 is 15.8 Å². The van der Waals surface area contributed by atoms with Gasteiger partial charge in [-0.15, -0.1) is 0 Å². The number of nitrogens with one attached hydrogen (secondary N) is 1. The SMILES string of the molecule is CCC(CC)NC(=O)C(C)Oc1ccc([C@H](N)CC)cc1. The Morgan fingerprint density at radius 2 is 1.71 bits per heavy atom. The highest BCUT2D eigenvalue weighted by molar-refractivity contribution is 5.81. The number of carbonyl (C=O) groups is 1. The highest BCUT2D eigenvalue weighted by Crippen LogP contribution is 2.19. The quantitative estimate of drug-likeness (QED) is 0.773. The molecule has 0 heterocycles. The van der Waals surface area contributed by atoms with Crippen molar-refractivity contribution in [3.63, 3.8) is 0 Å². The van der Waals surface area contributed by atoms with Crippen molar-refractivity contribution in [2.45, 2.75) is 65.1 Å². The Morgan fingerprint density at radius 1 is 1.14 bits per heavy atom. The molecule has 0 aliphatic rings. The minimum Gasteiger partial charge on any atom is -0.481 e. The first-order valence-electron chi connectivity index (χ1n) is 7.84. The van der Waals surface area contributed by atoms with Crippen LogP contribution in [0.4, 0.5) is 0 Å². The molecule has 0 spiro atoms. The van der Waals surface area contributed by atoms with Crippen LogP contribution in [0, 0.1) is 0 Å². The molecule has 1 amide bonds. The summed E-state index contributed by atoms with van der Waals surface area (Å²) in [5, 5.41) is 2.99. The highest BCUT2D eigenvalue weighted by Gasteiger charge is 2.17. The maximum atomic E-state index is 12.0. The second-order valence-corrected chi connectivity index (χ2v) is 5.37. The van der Waals surface area contributed by atoms with Crippen molar-refractivity contribution in [1.29, 1.82) is 0 Å². The average Bonchev–Trinajstić information content (AvgIpc) is 2.52. The lowest BCUT2D eigenvalue weighted by Gasteiger charge is -2.19. The summed E-state index contributed by atoms with van der Waals surface area (Å²) in [4.78, 5) is 12.0. The van der Waals surface area contributed by atoms with E-state index < -0.39 is 6.10 Å². The van der Waals surface area contributed by atoms with Gasteiger partial charge in [0.05, 0.1) is 0 Å². The van der Waals surface area contributed by atoms with Gasteiger partial charge in [-0.1, -0.05) is 32.9 Å². The van der Waals surface area contributed by atoms with E-state index in [1.54, 1.807) is 6.92 Å². The van der Waals surface area contributed by atoms with E-state index in [4.69, 9.17) is 10.5 Å². The summed E-state index contributed by atoms with van der Waals surface area (Å²) in [7, 11) is 0. The summed E-state index contributed by atoms with van der Waals surface area (Å²) < 4.78 is 5.68. The van der Waals surface area contributed by atoms with Gasteiger partial charge < -0.3 is 15.8 Å². The van der Waals surface area contributed by atoms with Gasteiger partial charge in [0, 0.05) is 12.1 Å². The van der Waals surface area contributed by atoms with Crippen molar-refractivity contribution >= 4 is 5.91 Å². The van der Waals surface area contributed by atoms with Gasteiger partial charge in [-0.05, 0) is 43.9 Å². The number of nitrogens with two attached hydrogens (primary N) is 1. The average molecular weight is 292 g/mol. The van der Waals surface area contributed by atoms with Crippen molar-refractivity contribution in [3.05, 3.63) is 29.8 Å². The molecule has 2 atom stereocenters. The lowest BCUT2D eigenvalue weighted by Crippen LogP contribution is -2.42. The fraction of sp³-hybridized carbons (Fsp3) is 0.588. The predicted octanol–water partition coefficient (Wildman–Crippen LogP) is 3.17. The lowest BCUT2D eigenvalue weighted by atomic mass is 10.1. The first-order valence-corrected chi connectivity index (χ1v) is 7.84. The number of hydrogen-bond acceptors (Lipinski definition) is 3. The molecular weight excluding hydrogens is 264 g/mol. The van der Waals surface area contributed by atoms with Crippen LogP contribution in [0.5, 0.6) is 5.75 Å². The predicted molar refractivity (Wildman–Crippen MR) is 86.3 cm³/mol. The summed E-state index contributed by atoms with van der Waals surface area (Å²) in [5.41, 5.74) is 7.06. The number of carbonyl (C=O) groups excluding carboxylic acids is 1. The topological polar surface area (TPSA) is 64.3 Å². The molecule has 0 aliphatic heterocycles. The molecule has 21 heavy (non-hydrogen) atoms. The standard InChI is InChI=1S/C17H28N2O2/c1-5-14(6-2)19-17(20)12(4)21-15-10-8-13(9-11-15)16(18)7-3/h8-12,14,16H,5-7,18H2,1-4H3,(H,19,20)/t12?,16-/m1/s1. The van der Waals surface area contributed by atoms with Crippen molar-refractivity contribution in [3.8, 4) is 5.75 Å². The Hall–Kier alpha value is -1.55. The fourth-order valence-corrected chi connectivity index (χ4v) is 2.10. The van der Waals surface area contributed by atoms with Crippen LogP contribution in [0.1, 0.15) is 58.6 Å². The first-order chi connectivity index (χ1) is 10.0. The third kappa shape index (κ3) is 5.38. The van der Waals surface area contributed by atoms with Crippen molar-refractivity contribution in [2.24, 2.45) is 5.73 Å². The van der Waals surface area contributed by atoms with Crippen LogP contribution >= 0.6 is 0 Å². The molecule has 1 rings (SSSR count). The van der Waals surface area contributed by atoms with Gasteiger partial charge in [0.1, 0.15) is 5.75 Å². The van der Waals surface area contributed by atoms with Gasteiger partial charge in [0.2, 0.25) is 0 Å². The van der Waals surface area contributed by atoms with Gasteiger partial charge in [0.15, 0.2) is 6.10 Å². The van der Waals surface area contributed by atoms with Gasteiger partial charge in [-0.2, -0.15) is 0 Å². The molecule has 4 heteroatoms. The number of hydrogen-bond donors (Lipinski definition) is 2. The van der Waals surface area contributed by atoms with Gasteiger partial charge >= 0.3 is 0 Å². The van der Waals surface area contributed by atoms with Gasteiger partial charge in [-0.25, -0.2) is 0 Å². The largest absolute Gasteiger partial charge is 0.481 e. The minimum absolute atomic E-state index is 0.0506. The van der Waals surface area contributed by atoms with E-state index in [1.165, 1.54) is 0 Å². The zero-order chi connectivity index (χ0) is 15.8. The van der Waals surface area contributed by atoms with Crippen molar-refractivity contribution in [1.82, 2.24) is 5.32 Å². The van der Waals surface area contributed by atoms with Gasteiger partial charge in [0.25, 0.3) is 5.91 Å². The zero-order valence-electron chi connectivity index (χ0n) is 13.6. The molecule has 118 valence electrons. The summed E-state index contributed by atoms with van der Waals surface area (Å²) in [6.07, 6.45) is 2.25. The Morgan fingerprint density at radius 3 is 2.19 bits per heavy atom. The molecule has 0 radical (unpaired) electrons. The van der Waals surface area contributed by atoms with Crippen molar-refractivity contribution in [2.75, 3.05) is 0 Å². The Labute approximate surface area is 128 Å². The second-order valence-electron chi connectivity index (χ2n) is 5.37. The molecule has 0 bridgehead atoms. The third-order valence-corrected chi connectivity index (χ3v) is 3.76. The van der Waals surface area contributed by atoms with Gasteiger partial charge in [-0.3, -0.25) is 4.79 Å². The number of benzene rings is 1. The summed E-state index contributed by atoms with van der Waals surface area (Å²) in [6, 6.07) is 7.91. The van der Waals surface area contributed by atoms with Crippen LogP contribution in [0.15, 0.2) is 24.3 Å². The molecule has 0 aliphatic carbocycles. The Bertz CT molecular complexity index is 427. The van der Waals surface area contributed by atoms with Crippen LogP contribution in [0.3, 0.4) is 0 Å². The molecule has 1 unspecified atom stereocenters. The molecule has 4 nitrogen and oxygen atoms in total. The molecule has 1 aromatic carbocycles. The molecule has 0 fully saturated rings. The third-order valence-electron chi connectivity index (χ3n) is 3.76. The molecule has 0 saturated carbocycles. The van der Waals surface area contributed by atoms with E-state index in [0.717, 1.165) is 24.8 Å². The number of rotatable bonds is 8. The Kier molecular flexibility index (Phi) is 7.23. The molecule has 3 N–H and O–H groups in total. The minimum atomic E-state index is -0.503. The molecule has 1 aromatic rings. The highest BCUT2D eigenvalue weighted by atomic mass is 16.5. The van der Waals surface area contributed by atoms with E-state index in [2.05, 4.69) is 26.1 Å². The van der Waals surface area contributed by atoms with Crippen LogP contribution in [0.2, 0.25) is 0 Å². The summed E-state index contributed by atoms with van der Waals surface area (Å²) in [5.74, 6) is 0.618. The van der Waals surface area contributed by atoms with Crippen LogP contribution in [-0.2, 0) is 4.79 Å². The molecular formula is C17H28N2O2. The monoisotopic (exact) mass is 292 g/mol. The van der Waals surface area contributed by atoms with E-state index >= 15 is 0 Å². The van der Waals surface area contributed by atoms with Crippen molar-refractivity contribution < 1.29 is 9.53 Å². The number of ether oxygens (including phenoxy) is 1. The second kappa shape index (κ2) is 8.67. The zero-order valence-corrected chi connectivity index (χ0v) is 13.6.